The maximum atomic E-state index is 11.8. The zero-order valence-corrected chi connectivity index (χ0v) is 11.0. The van der Waals surface area contributed by atoms with Crippen LogP contribution in [0.5, 0.6) is 0 Å². The van der Waals surface area contributed by atoms with Crippen molar-refractivity contribution >= 4 is 33.0 Å². The Labute approximate surface area is 99.5 Å². The summed E-state index contributed by atoms with van der Waals surface area (Å²) >= 11 is 6.81. The fraction of sp³-hybridized carbons (Fsp3) is 0.556. The van der Waals surface area contributed by atoms with Crippen LogP contribution in [0.25, 0.3) is 0 Å². The molecule has 15 heavy (non-hydrogen) atoms. The highest BCUT2D eigenvalue weighted by molar-refractivity contribution is 7.91. The Morgan fingerprint density at radius 3 is 2.67 bits per heavy atom. The smallest absolute Gasteiger partial charge is 0.208 e. The van der Waals surface area contributed by atoms with E-state index >= 15 is 0 Å². The van der Waals surface area contributed by atoms with Crippen LogP contribution in [0.15, 0.2) is 16.3 Å². The molecular formula is C9H14ClNO2S2. The zero-order chi connectivity index (χ0) is 11.5. The van der Waals surface area contributed by atoms with E-state index in [0.717, 1.165) is 4.88 Å². The molecule has 1 aromatic heterocycles. The fourth-order valence-corrected chi connectivity index (χ4v) is 4.01. The number of hydrogen-bond acceptors (Lipinski definition) is 3. The molecule has 0 bridgehead atoms. The molecule has 0 radical (unpaired) electrons. The average molecular weight is 268 g/mol. The number of nitrogens with one attached hydrogen (secondary N) is 1. The average Bonchev–Trinajstić information content (AvgIpc) is 2.51. The Bertz CT molecular complexity index is 414. The van der Waals surface area contributed by atoms with Crippen molar-refractivity contribution in [2.45, 2.75) is 30.5 Å². The van der Waals surface area contributed by atoms with E-state index in [1.807, 2.05) is 6.92 Å². The number of rotatable bonds is 5. The second-order valence-electron chi connectivity index (χ2n) is 3.37. The van der Waals surface area contributed by atoms with E-state index in [9.17, 15) is 8.42 Å². The Hall–Kier alpha value is -0.100. The van der Waals surface area contributed by atoms with Gasteiger partial charge in [-0.15, -0.1) is 22.9 Å². The van der Waals surface area contributed by atoms with Gasteiger partial charge in [-0.2, -0.15) is 0 Å². The van der Waals surface area contributed by atoms with Gasteiger partial charge in [0.2, 0.25) is 10.0 Å². The van der Waals surface area contributed by atoms with Crippen LogP contribution in [0.1, 0.15) is 18.2 Å². The Morgan fingerprint density at radius 1 is 1.53 bits per heavy atom. The van der Waals surface area contributed by atoms with Crippen LogP contribution in [0.2, 0.25) is 0 Å². The molecule has 0 aliphatic heterocycles. The van der Waals surface area contributed by atoms with E-state index in [2.05, 4.69) is 4.72 Å². The lowest BCUT2D eigenvalue weighted by atomic mass is 10.3. The number of thiophene rings is 1. The molecule has 1 rings (SSSR count). The highest BCUT2D eigenvalue weighted by Crippen LogP contribution is 2.20. The SMILES string of the molecule is Cc1ccc(S(=O)(=O)NC(C)CCCl)s1. The third-order valence-corrected chi connectivity index (χ3v) is 5.18. The first kappa shape index (κ1) is 13.0. The van der Waals surface area contributed by atoms with Crippen LogP contribution in [0.4, 0.5) is 0 Å². The minimum Gasteiger partial charge on any atom is -0.208 e. The number of halogens is 1. The van der Waals surface area contributed by atoms with Crippen LogP contribution in [-0.4, -0.2) is 20.3 Å². The van der Waals surface area contributed by atoms with Crippen molar-refractivity contribution in [3.63, 3.8) is 0 Å². The van der Waals surface area contributed by atoms with Gasteiger partial charge in [-0.3, -0.25) is 0 Å². The first-order chi connectivity index (χ1) is 6.95. The van der Waals surface area contributed by atoms with Gasteiger partial charge in [-0.1, -0.05) is 0 Å². The number of sulfonamides is 1. The van der Waals surface area contributed by atoms with Gasteiger partial charge in [0.05, 0.1) is 0 Å². The van der Waals surface area contributed by atoms with Gasteiger partial charge in [0.1, 0.15) is 4.21 Å². The molecule has 0 saturated heterocycles. The zero-order valence-electron chi connectivity index (χ0n) is 8.66. The molecule has 1 heterocycles. The molecule has 1 aromatic rings. The van der Waals surface area contributed by atoms with Gasteiger partial charge in [0.15, 0.2) is 0 Å². The normalized spacial score (nSPS) is 14.1. The minimum atomic E-state index is -3.35. The van der Waals surface area contributed by atoms with Gasteiger partial charge < -0.3 is 0 Å². The molecule has 1 N–H and O–H groups in total. The molecule has 0 spiro atoms. The summed E-state index contributed by atoms with van der Waals surface area (Å²) in [6, 6.07) is 3.29. The summed E-state index contributed by atoms with van der Waals surface area (Å²) in [4.78, 5) is 0.986. The first-order valence-electron chi connectivity index (χ1n) is 4.60. The molecule has 1 atom stereocenters. The van der Waals surface area contributed by atoms with Crippen LogP contribution < -0.4 is 4.72 Å². The number of alkyl halides is 1. The standard InChI is InChI=1S/C9H14ClNO2S2/c1-7(5-6-10)11-15(12,13)9-4-3-8(2)14-9/h3-4,7,11H,5-6H2,1-2H3. The maximum absolute atomic E-state index is 11.8. The summed E-state index contributed by atoms with van der Waals surface area (Å²) < 4.78 is 26.5. The van der Waals surface area contributed by atoms with Gasteiger partial charge in [0, 0.05) is 16.8 Å². The summed E-state index contributed by atoms with van der Waals surface area (Å²) in [7, 11) is -3.35. The molecule has 0 aliphatic carbocycles. The van der Waals surface area contributed by atoms with Crippen LogP contribution in [-0.2, 0) is 10.0 Å². The minimum absolute atomic E-state index is 0.130. The lowest BCUT2D eigenvalue weighted by molar-refractivity contribution is 0.558. The van der Waals surface area contributed by atoms with Crippen LogP contribution in [0.3, 0.4) is 0 Å². The van der Waals surface area contributed by atoms with E-state index in [1.165, 1.54) is 11.3 Å². The summed E-state index contributed by atoms with van der Waals surface area (Å²) in [6.07, 6.45) is 0.630. The molecule has 86 valence electrons. The molecule has 0 saturated carbocycles. The van der Waals surface area contributed by atoms with Gasteiger partial charge in [0.25, 0.3) is 0 Å². The monoisotopic (exact) mass is 267 g/mol. The maximum Gasteiger partial charge on any atom is 0.250 e. The summed E-state index contributed by atoms with van der Waals surface area (Å²) in [6.45, 7) is 3.69. The molecule has 1 unspecified atom stereocenters. The fourth-order valence-electron chi connectivity index (χ4n) is 1.10. The van der Waals surface area contributed by atoms with E-state index < -0.39 is 10.0 Å². The van der Waals surface area contributed by atoms with E-state index in [0.29, 0.717) is 16.5 Å². The molecular weight excluding hydrogens is 254 g/mol. The van der Waals surface area contributed by atoms with Crippen molar-refractivity contribution in [1.29, 1.82) is 0 Å². The molecule has 0 aliphatic rings. The topological polar surface area (TPSA) is 46.2 Å². The molecule has 0 aromatic carbocycles. The van der Waals surface area contributed by atoms with Crippen LogP contribution in [0, 0.1) is 6.92 Å². The Morgan fingerprint density at radius 2 is 2.20 bits per heavy atom. The molecule has 0 amide bonds. The Kier molecular flexibility index (Phi) is 4.58. The summed E-state index contributed by atoms with van der Waals surface area (Å²) in [5.74, 6) is 0.452. The van der Waals surface area contributed by atoms with E-state index in [-0.39, 0.29) is 6.04 Å². The second-order valence-corrected chi connectivity index (χ2v) is 6.97. The third-order valence-electron chi connectivity index (χ3n) is 1.88. The van der Waals surface area contributed by atoms with Gasteiger partial charge in [-0.05, 0) is 32.4 Å². The quantitative estimate of drug-likeness (QED) is 0.833. The lowest BCUT2D eigenvalue weighted by Crippen LogP contribution is -2.32. The predicted molar refractivity (Wildman–Crippen MR) is 64.2 cm³/mol. The first-order valence-corrected chi connectivity index (χ1v) is 7.44. The second kappa shape index (κ2) is 5.30. The van der Waals surface area contributed by atoms with Gasteiger partial charge in [-0.25, -0.2) is 13.1 Å². The van der Waals surface area contributed by atoms with Crippen molar-refractivity contribution in [1.82, 2.24) is 4.72 Å². The summed E-state index contributed by atoms with van der Waals surface area (Å²) in [5.41, 5.74) is 0. The summed E-state index contributed by atoms with van der Waals surface area (Å²) in [5, 5.41) is 0. The highest BCUT2D eigenvalue weighted by atomic mass is 35.5. The lowest BCUT2D eigenvalue weighted by Gasteiger charge is -2.11. The van der Waals surface area contributed by atoms with Crippen molar-refractivity contribution in [3.05, 3.63) is 17.0 Å². The number of hydrogen-bond donors (Lipinski definition) is 1. The van der Waals surface area contributed by atoms with Crippen LogP contribution >= 0.6 is 22.9 Å². The predicted octanol–water partition coefficient (Wildman–Crippen LogP) is 2.35. The third kappa shape index (κ3) is 3.75. The van der Waals surface area contributed by atoms with Crippen molar-refractivity contribution in [2.24, 2.45) is 0 Å². The molecule has 6 heteroatoms. The van der Waals surface area contributed by atoms with Crippen molar-refractivity contribution < 1.29 is 8.42 Å². The number of aryl methyl sites for hydroxylation is 1. The van der Waals surface area contributed by atoms with Crippen molar-refractivity contribution in [2.75, 3.05) is 5.88 Å². The Balaban J connectivity index is 2.76. The van der Waals surface area contributed by atoms with Gasteiger partial charge >= 0.3 is 0 Å². The molecule has 0 fully saturated rings. The van der Waals surface area contributed by atoms with E-state index in [1.54, 1.807) is 19.1 Å². The molecule has 3 nitrogen and oxygen atoms in total. The highest BCUT2D eigenvalue weighted by Gasteiger charge is 2.18. The largest absolute Gasteiger partial charge is 0.250 e. The van der Waals surface area contributed by atoms with E-state index in [4.69, 9.17) is 11.6 Å². The van der Waals surface area contributed by atoms with Crippen molar-refractivity contribution in [3.8, 4) is 0 Å².